The molecule has 12 nitrogen and oxygen atoms in total. The summed E-state index contributed by atoms with van der Waals surface area (Å²) in [7, 11) is 1.39. The van der Waals surface area contributed by atoms with Crippen molar-refractivity contribution in [3.05, 3.63) is 29.8 Å². The minimum Gasteiger partial charge on any atom is -0.504 e. The van der Waals surface area contributed by atoms with Crippen LogP contribution >= 0.6 is 12.0 Å². The Balaban J connectivity index is 1.60. The molecule has 1 aromatic rings. The van der Waals surface area contributed by atoms with Crippen LogP contribution in [0, 0.1) is 0 Å². The summed E-state index contributed by atoms with van der Waals surface area (Å²) in [6.45, 7) is 3.10. The summed E-state index contributed by atoms with van der Waals surface area (Å²) in [4.78, 5) is 12.3. The monoisotopic (exact) mass is 532 g/mol. The molecule has 0 aliphatic carbocycles. The van der Waals surface area contributed by atoms with E-state index in [9.17, 15) is 30.3 Å². The van der Waals surface area contributed by atoms with Gasteiger partial charge < -0.3 is 53.8 Å². The van der Waals surface area contributed by atoms with Gasteiger partial charge in [0.2, 0.25) is 0 Å². The maximum atomic E-state index is 12.3. The number of rotatable bonds is 8. The van der Waals surface area contributed by atoms with E-state index in [0.29, 0.717) is 17.6 Å². The Morgan fingerprint density at radius 2 is 1.69 bits per heavy atom. The van der Waals surface area contributed by atoms with E-state index >= 15 is 0 Å². The Morgan fingerprint density at radius 3 is 2.36 bits per heavy atom. The van der Waals surface area contributed by atoms with E-state index in [4.69, 9.17) is 28.2 Å². The van der Waals surface area contributed by atoms with Crippen LogP contribution in [-0.4, -0.2) is 110 Å². The van der Waals surface area contributed by atoms with Gasteiger partial charge in [-0.05, 0) is 49.7 Å². The number of hydrogen-bond donors (Lipinski definition) is 6. The lowest BCUT2D eigenvalue weighted by atomic mass is 9.95. The highest BCUT2D eigenvalue weighted by molar-refractivity contribution is 7.93. The molecule has 2 saturated heterocycles. The predicted octanol–water partition coefficient (Wildman–Crippen LogP) is -0.107. The number of aliphatic hydroxyl groups is 4. The van der Waals surface area contributed by atoms with Gasteiger partial charge in [-0.3, -0.25) is 0 Å². The molecule has 0 amide bonds. The first kappa shape index (κ1) is 28.6. The Labute approximate surface area is 212 Å². The minimum absolute atomic E-state index is 0.0371. The molecular formula is C23H32O12S. The fourth-order valence-electron chi connectivity index (χ4n) is 4.10. The van der Waals surface area contributed by atoms with Crippen LogP contribution in [0.3, 0.4) is 0 Å². The number of carbonyl (C=O) groups excluding carboxylic acids is 1. The quantitative estimate of drug-likeness (QED) is 0.148. The largest absolute Gasteiger partial charge is 0.504 e. The van der Waals surface area contributed by atoms with E-state index in [1.165, 1.54) is 32.2 Å². The highest BCUT2D eigenvalue weighted by Gasteiger charge is 2.50. The Hall–Kier alpha value is -1.94. The van der Waals surface area contributed by atoms with E-state index in [2.05, 4.69) is 0 Å². The van der Waals surface area contributed by atoms with E-state index in [1.807, 2.05) is 0 Å². The van der Waals surface area contributed by atoms with Crippen molar-refractivity contribution < 1.29 is 58.6 Å². The summed E-state index contributed by atoms with van der Waals surface area (Å²) in [6.07, 6.45) is -9.67. The number of phenolic OH excluding ortho intramolecular Hbond substituents is 1. The molecule has 10 atom stereocenters. The number of esters is 1. The molecule has 0 radical (unpaired) electrons. The smallest absolute Gasteiger partial charge is 0.331 e. The van der Waals surface area contributed by atoms with E-state index in [1.54, 1.807) is 13.0 Å². The van der Waals surface area contributed by atoms with Crippen molar-refractivity contribution in [2.45, 2.75) is 75.1 Å². The fourth-order valence-corrected chi connectivity index (χ4v) is 4.52. The van der Waals surface area contributed by atoms with Gasteiger partial charge in [0.05, 0.1) is 25.4 Å². The van der Waals surface area contributed by atoms with Gasteiger partial charge in [0, 0.05) is 11.8 Å². The van der Waals surface area contributed by atoms with Crippen LogP contribution < -0.4 is 4.74 Å². The molecule has 13 heteroatoms. The summed E-state index contributed by atoms with van der Waals surface area (Å²) in [5.41, 5.74) is 0.549. The number of methoxy groups -OCH3 is 1. The Bertz CT molecular complexity index is 913. The average molecular weight is 533 g/mol. The van der Waals surface area contributed by atoms with Crippen molar-refractivity contribution in [3.8, 4) is 11.5 Å². The number of carbonyl (C=O) groups is 1. The average Bonchev–Trinajstić information content (AvgIpc) is 2.85. The molecule has 2 heterocycles. The molecule has 36 heavy (non-hydrogen) atoms. The number of benzene rings is 1. The van der Waals surface area contributed by atoms with Gasteiger partial charge in [0.25, 0.3) is 0 Å². The van der Waals surface area contributed by atoms with Gasteiger partial charge in [0.1, 0.15) is 30.5 Å². The van der Waals surface area contributed by atoms with Crippen molar-refractivity contribution >= 4 is 24.1 Å². The third-order valence-electron chi connectivity index (χ3n) is 6.09. The number of hydrogen-bond acceptors (Lipinski definition) is 13. The van der Waals surface area contributed by atoms with Crippen molar-refractivity contribution in [1.82, 2.24) is 0 Å². The number of aromatic hydroxyl groups is 1. The molecule has 0 spiro atoms. The number of phenols is 1. The maximum Gasteiger partial charge on any atom is 0.331 e. The zero-order valence-corrected chi connectivity index (χ0v) is 20.7. The van der Waals surface area contributed by atoms with Crippen LogP contribution in [0.15, 0.2) is 24.3 Å². The molecule has 0 aromatic heterocycles. The second kappa shape index (κ2) is 12.5. The highest BCUT2D eigenvalue weighted by atomic mass is 32.2. The summed E-state index contributed by atoms with van der Waals surface area (Å²) in [6, 6.07) is 4.47. The molecule has 0 saturated carbocycles. The second-order valence-corrected chi connectivity index (χ2v) is 9.21. The second-order valence-electron chi connectivity index (χ2n) is 8.61. The van der Waals surface area contributed by atoms with Crippen LogP contribution in [0.25, 0.3) is 6.08 Å². The van der Waals surface area contributed by atoms with Crippen molar-refractivity contribution in [3.63, 3.8) is 0 Å². The summed E-state index contributed by atoms with van der Waals surface area (Å²) < 4.78 is 36.2. The SMILES string of the molecule is COc1cc(/C=C/C(=O)OC2C(C)OC(OC3C(C)OC(CSO)C(O)C3O)C(O)C2O)ccc1O. The van der Waals surface area contributed by atoms with Crippen LogP contribution in [0.4, 0.5) is 0 Å². The van der Waals surface area contributed by atoms with Crippen LogP contribution in [0.5, 0.6) is 11.5 Å². The van der Waals surface area contributed by atoms with E-state index in [-0.39, 0.29) is 17.3 Å². The number of ether oxygens (including phenoxy) is 5. The fraction of sp³-hybridized carbons (Fsp3) is 0.609. The molecule has 2 aliphatic heterocycles. The molecule has 202 valence electrons. The highest BCUT2D eigenvalue weighted by Crippen LogP contribution is 2.31. The van der Waals surface area contributed by atoms with E-state index in [0.717, 1.165) is 6.08 Å². The van der Waals surface area contributed by atoms with Gasteiger partial charge in [-0.1, -0.05) is 6.07 Å². The third-order valence-corrected chi connectivity index (χ3v) is 6.57. The van der Waals surface area contributed by atoms with Gasteiger partial charge in [-0.25, -0.2) is 4.79 Å². The molecule has 10 unspecified atom stereocenters. The molecule has 2 aliphatic rings. The zero-order chi connectivity index (χ0) is 26.6. The topological polar surface area (TPSA) is 185 Å². The lowest BCUT2D eigenvalue weighted by Gasteiger charge is -2.46. The van der Waals surface area contributed by atoms with Gasteiger partial charge in [0.15, 0.2) is 23.9 Å². The zero-order valence-electron chi connectivity index (χ0n) is 19.9. The lowest BCUT2D eigenvalue weighted by Crippen LogP contribution is -2.63. The van der Waals surface area contributed by atoms with Crippen LogP contribution in [0.1, 0.15) is 19.4 Å². The third kappa shape index (κ3) is 6.49. The van der Waals surface area contributed by atoms with Gasteiger partial charge in [-0.15, -0.1) is 0 Å². The predicted molar refractivity (Wildman–Crippen MR) is 126 cm³/mol. The number of aliphatic hydroxyl groups excluding tert-OH is 4. The van der Waals surface area contributed by atoms with Crippen LogP contribution in [0.2, 0.25) is 0 Å². The van der Waals surface area contributed by atoms with Crippen molar-refractivity contribution in [2.75, 3.05) is 12.9 Å². The molecule has 3 rings (SSSR count). The molecule has 2 fully saturated rings. The molecule has 0 bridgehead atoms. The lowest BCUT2D eigenvalue weighted by molar-refractivity contribution is -0.334. The van der Waals surface area contributed by atoms with Crippen LogP contribution in [-0.2, 0) is 23.7 Å². The van der Waals surface area contributed by atoms with Gasteiger partial charge >= 0.3 is 5.97 Å². The first-order chi connectivity index (χ1) is 17.1. The van der Waals surface area contributed by atoms with Crippen molar-refractivity contribution in [1.29, 1.82) is 0 Å². The summed E-state index contributed by atoms with van der Waals surface area (Å²) in [5, 5.41) is 51.6. The Morgan fingerprint density at radius 1 is 1.03 bits per heavy atom. The van der Waals surface area contributed by atoms with Crippen molar-refractivity contribution in [2.24, 2.45) is 0 Å². The summed E-state index contributed by atoms with van der Waals surface area (Å²) >= 11 is 0.467. The molecule has 1 aromatic carbocycles. The first-order valence-corrected chi connectivity index (χ1v) is 12.2. The summed E-state index contributed by atoms with van der Waals surface area (Å²) in [5.74, 6) is -0.606. The maximum absolute atomic E-state index is 12.3. The normalized spacial score (nSPS) is 37.1. The minimum atomic E-state index is -1.65. The molecular weight excluding hydrogens is 500 g/mol. The standard InChI is InChI=1S/C23H32O12S/c1-10-22(18(27)17(26)15(32-10)9-36-30)35-23-20(29)19(28)21(11(2)33-23)34-16(25)7-5-12-4-6-13(24)14(8-12)31-3/h4-8,10-11,15,17-24,26-30H,9H2,1-3H3/b7-5+. The van der Waals surface area contributed by atoms with E-state index < -0.39 is 67.2 Å². The first-order valence-electron chi connectivity index (χ1n) is 11.3. The molecule has 6 N–H and O–H groups in total. The van der Waals surface area contributed by atoms with Gasteiger partial charge in [-0.2, -0.15) is 0 Å². The Kier molecular flexibility index (Phi) is 9.97.